The van der Waals surface area contributed by atoms with Crippen LogP contribution in [0.15, 0.2) is 0 Å². The number of hydrogen-bond donors (Lipinski definition) is 0. The van der Waals surface area contributed by atoms with Crippen molar-refractivity contribution in [3.05, 3.63) is 0 Å². The third kappa shape index (κ3) is 4.88. The Balaban J connectivity index is 4.58. The highest BCUT2D eigenvalue weighted by atomic mass is 28.3. The molecule has 21 heavy (non-hydrogen) atoms. The van der Waals surface area contributed by atoms with E-state index in [1.165, 1.54) is 0 Å². The molecule has 0 aromatic rings. The summed E-state index contributed by atoms with van der Waals surface area (Å²) in [4.78, 5) is 25.1. The number of rotatable bonds is 9. The molecule has 0 aromatic heterocycles. The molecule has 0 aromatic carbocycles. The van der Waals surface area contributed by atoms with E-state index in [4.69, 9.17) is 0 Å². The fraction of sp³-hybridized carbons (Fsp3) is 0.882. The standard InChI is InChI=1S/C17H36O2Si2/c1-9-21(10-2,11-3)16(19)14-12-13-15(18)20(7,8)17(4,5)6/h9-14H2,1-8H3. The van der Waals surface area contributed by atoms with Gasteiger partial charge < -0.3 is 9.59 Å². The molecule has 0 fully saturated rings. The predicted octanol–water partition coefficient (Wildman–Crippen LogP) is 5.39. The second-order valence-electron chi connectivity index (χ2n) is 7.92. The van der Waals surface area contributed by atoms with E-state index >= 15 is 0 Å². The summed E-state index contributed by atoms with van der Waals surface area (Å²) in [5.41, 5.74) is 0. The van der Waals surface area contributed by atoms with Gasteiger partial charge in [0, 0.05) is 12.8 Å². The van der Waals surface area contributed by atoms with Crippen LogP contribution < -0.4 is 0 Å². The van der Waals surface area contributed by atoms with Crippen LogP contribution in [0, 0.1) is 0 Å². The third-order valence-corrected chi connectivity index (χ3v) is 16.9. The van der Waals surface area contributed by atoms with Crippen molar-refractivity contribution < 1.29 is 9.59 Å². The lowest BCUT2D eigenvalue weighted by molar-refractivity contribution is -0.114. The highest BCUT2D eigenvalue weighted by molar-refractivity contribution is 7.06. The minimum atomic E-state index is -1.89. The molecule has 0 radical (unpaired) electrons. The van der Waals surface area contributed by atoms with Crippen molar-refractivity contribution in [1.82, 2.24) is 0 Å². The SMILES string of the molecule is CC[Si](CC)(CC)C(=O)CCCC(=O)[Si](C)(C)C(C)(C)C. The molecule has 0 N–H and O–H groups in total. The first-order chi connectivity index (χ1) is 9.48. The van der Waals surface area contributed by atoms with Crippen LogP contribution in [0.1, 0.15) is 60.8 Å². The Morgan fingerprint density at radius 2 is 1.19 bits per heavy atom. The zero-order valence-electron chi connectivity index (χ0n) is 15.6. The van der Waals surface area contributed by atoms with Crippen LogP contribution in [-0.4, -0.2) is 27.0 Å². The first-order valence-electron chi connectivity index (χ1n) is 8.55. The van der Waals surface area contributed by atoms with Gasteiger partial charge in [-0.05, 0) is 11.5 Å². The van der Waals surface area contributed by atoms with Crippen LogP contribution in [0.5, 0.6) is 0 Å². The molecule has 0 bridgehead atoms. The van der Waals surface area contributed by atoms with Crippen molar-refractivity contribution in [2.75, 3.05) is 0 Å². The monoisotopic (exact) mass is 328 g/mol. The maximum Gasteiger partial charge on any atom is 0.132 e. The van der Waals surface area contributed by atoms with Gasteiger partial charge in [-0.15, -0.1) is 0 Å². The predicted molar refractivity (Wildman–Crippen MR) is 98.3 cm³/mol. The zero-order valence-corrected chi connectivity index (χ0v) is 17.6. The lowest BCUT2D eigenvalue weighted by Crippen LogP contribution is -2.46. The van der Waals surface area contributed by atoms with Crippen LogP contribution in [0.3, 0.4) is 0 Å². The molecule has 0 amide bonds. The zero-order chi connectivity index (χ0) is 16.9. The van der Waals surface area contributed by atoms with E-state index in [1.807, 2.05) is 0 Å². The highest BCUT2D eigenvalue weighted by Crippen LogP contribution is 2.37. The summed E-state index contributed by atoms with van der Waals surface area (Å²) in [5, 5.41) is 1.03. The minimum absolute atomic E-state index is 0.100. The summed E-state index contributed by atoms with van der Waals surface area (Å²) in [6.07, 6.45) is 1.99. The fourth-order valence-corrected chi connectivity index (χ4v) is 7.78. The van der Waals surface area contributed by atoms with Crippen LogP contribution in [0.25, 0.3) is 0 Å². The van der Waals surface area contributed by atoms with E-state index in [0.717, 1.165) is 24.6 Å². The smallest absolute Gasteiger partial charge is 0.132 e. The molecule has 0 aliphatic rings. The first kappa shape index (κ1) is 20.8. The molecule has 0 aliphatic heterocycles. The molecule has 124 valence electrons. The Kier molecular flexibility index (Phi) is 7.78. The molecule has 0 spiro atoms. The van der Waals surface area contributed by atoms with Gasteiger partial charge in [0.1, 0.15) is 27.0 Å². The lowest BCUT2D eigenvalue weighted by Gasteiger charge is -2.35. The van der Waals surface area contributed by atoms with Crippen molar-refractivity contribution in [2.24, 2.45) is 0 Å². The van der Waals surface area contributed by atoms with E-state index in [1.54, 1.807) is 0 Å². The van der Waals surface area contributed by atoms with Gasteiger partial charge in [-0.2, -0.15) is 0 Å². The molecule has 4 heteroatoms. The topological polar surface area (TPSA) is 34.1 Å². The molecule has 0 aliphatic carbocycles. The Morgan fingerprint density at radius 3 is 1.52 bits per heavy atom. The van der Waals surface area contributed by atoms with Gasteiger partial charge in [0.15, 0.2) is 0 Å². The Morgan fingerprint density at radius 1 is 0.810 bits per heavy atom. The molecule has 0 unspecified atom stereocenters. The summed E-state index contributed by atoms with van der Waals surface area (Å²) < 4.78 is 0. The third-order valence-electron chi connectivity index (χ3n) is 6.00. The van der Waals surface area contributed by atoms with Crippen LogP contribution in [0.2, 0.25) is 36.3 Å². The van der Waals surface area contributed by atoms with Crippen molar-refractivity contribution >= 4 is 27.0 Å². The van der Waals surface area contributed by atoms with Crippen molar-refractivity contribution in [3.8, 4) is 0 Å². The van der Waals surface area contributed by atoms with Gasteiger partial charge in [-0.1, -0.05) is 72.8 Å². The summed E-state index contributed by atoms with van der Waals surface area (Å²) in [5.74, 6) is 0. The summed E-state index contributed by atoms with van der Waals surface area (Å²) in [6.45, 7) is 17.3. The Hall–Kier alpha value is -0.226. The molecule has 0 heterocycles. The van der Waals surface area contributed by atoms with Crippen LogP contribution >= 0.6 is 0 Å². The normalized spacial score (nSPS) is 13.3. The average Bonchev–Trinajstić information content (AvgIpc) is 2.39. The quantitative estimate of drug-likeness (QED) is 0.532. The Bertz CT molecular complexity index is 341. The molecule has 0 rings (SSSR count). The van der Waals surface area contributed by atoms with Crippen molar-refractivity contribution in [2.45, 2.75) is 97.1 Å². The van der Waals surface area contributed by atoms with Gasteiger partial charge in [-0.25, -0.2) is 0 Å². The molecule has 0 saturated carbocycles. The lowest BCUT2D eigenvalue weighted by atomic mass is 10.2. The summed E-state index contributed by atoms with van der Waals surface area (Å²) >= 11 is 0. The number of carbonyl (C=O) groups is 2. The second kappa shape index (κ2) is 7.86. The second-order valence-corrected chi connectivity index (χ2v) is 18.5. The molecule has 0 atom stereocenters. The van der Waals surface area contributed by atoms with E-state index in [2.05, 4.69) is 54.6 Å². The minimum Gasteiger partial charge on any atom is -0.305 e. The van der Waals surface area contributed by atoms with E-state index in [0.29, 0.717) is 23.7 Å². The summed E-state index contributed by atoms with van der Waals surface area (Å²) in [7, 11) is -3.60. The number of hydrogen-bond acceptors (Lipinski definition) is 2. The van der Waals surface area contributed by atoms with Gasteiger partial charge in [0.05, 0.1) is 0 Å². The average molecular weight is 329 g/mol. The van der Waals surface area contributed by atoms with E-state index < -0.39 is 16.1 Å². The molecule has 0 saturated heterocycles. The van der Waals surface area contributed by atoms with Gasteiger partial charge >= 0.3 is 0 Å². The summed E-state index contributed by atoms with van der Waals surface area (Å²) in [6, 6.07) is 3.15. The first-order valence-corrected chi connectivity index (χ1v) is 14.2. The maximum absolute atomic E-state index is 12.5. The van der Waals surface area contributed by atoms with Crippen molar-refractivity contribution in [3.63, 3.8) is 0 Å². The highest BCUT2D eigenvalue weighted by Gasteiger charge is 2.41. The molecule has 2 nitrogen and oxygen atoms in total. The fourth-order valence-electron chi connectivity index (χ4n) is 2.75. The van der Waals surface area contributed by atoms with Gasteiger partial charge in [-0.3, -0.25) is 0 Å². The van der Waals surface area contributed by atoms with Crippen LogP contribution in [0.4, 0.5) is 0 Å². The molecular formula is C17H36O2Si2. The van der Waals surface area contributed by atoms with Crippen molar-refractivity contribution in [1.29, 1.82) is 0 Å². The Labute approximate surface area is 134 Å². The largest absolute Gasteiger partial charge is 0.305 e. The van der Waals surface area contributed by atoms with Gasteiger partial charge in [0.2, 0.25) is 0 Å². The van der Waals surface area contributed by atoms with E-state index in [9.17, 15) is 9.59 Å². The van der Waals surface area contributed by atoms with E-state index in [-0.39, 0.29) is 5.04 Å². The molecular weight excluding hydrogens is 292 g/mol. The van der Waals surface area contributed by atoms with Crippen LogP contribution in [-0.2, 0) is 9.59 Å². The number of carbonyl (C=O) groups excluding carboxylic acids is 2. The maximum atomic E-state index is 12.5. The van der Waals surface area contributed by atoms with Gasteiger partial charge in [0.25, 0.3) is 0 Å².